The fourth-order valence-electron chi connectivity index (χ4n) is 3.20. The second-order valence-corrected chi connectivity index (χ2v) is 6.19. The van der Waals surface area contributed by atoms with Gasteiger partial charge in [-0.3, -0.25) is 9.48 Å². The van der Waals surface area contributed by atoms with Gasteiger partial charge in [-0.05, 0) is 30.5 Å². The maximum absolute atomic E-state index is 12.4. The summed E-state index contributed by atoms with van der Waals surface area (Å²) in [5, 5.41) is 19.1. The number of aliphatic hydroxyl groups excluding tert-OH is 1. The monoisotopic (exact) mass is 365 g/mol. The number of aliphatic hydroxyl groups is 1. The normalized spacial score (nSPS) is 12.2. The van der Waals surface area contributed by atoms with Crippen molar-refractivity contribution in [3.05, 3.63) is 47.4 Å². The van der Waals surface area contributed by atoms with Crippen LogP contribution in [0.3, 0.4) is 0 Å². The SMILES string of the molecule is Cn1nc(C(=O)NCCO)c2c1-c1nc(Nc3ccccn3)ncc1CC2. The van der Waals surface area contributed by atoms with Crippen LogP contribution in [0.15, 0.2) is 30.6 Å². The van der Waals surface area contributed by atoms with E-state index in [1.807, 2.05) is 18.2 Å². The highest BCUT2D eigenvalue weighted by molar-refractivity contribution is 5.95. The molecule has 3 heterocycles. The molecule has 0 saturated carbocycles. The van der Waals surface area contributed by atoms with Crippen molar-refractivity contribution in [2.45, 2.75) is 12.8 Å². The molecule has 0 bridgehead atoms. The molecule has 3 aromatic heterocycles. The molecule has 1 aliphatic carbocycles. The molecular weight excluding hydrogens is 346 g/mol. The molecule has 0 radical (unpaired) electrons. The van der Waals surface area contributed by atoms with Crippen molar-refractivity contribution in [1.82, 2.24) is 30.0 Å². The Balaban J connectivity index is 1.71. The molecule has 138 valence electrons. The first-order valence-corrected chi connectivity index (χ1v) is 8.66. The second-order valence-electron chi connectivity index (χ2n) is 6.19. The molecule has 0 fully saturated rings. The highest BCUT2D eigenvalue weighted by Crippen LogP contribution is 2.34. The molecule has 0 spiro atoms. The number of pyridine rings is 1. The maximum Gasteiger partial charge on any atom is 0.272 e. The largest absolute Gasteiger partial charge is 0.395 e. The fraction of sp³-hybridized carbons (Fsp3) is 0.278. The van der Waals surface area contributed by atoms with E-state index in [-0.39, 0.29) is 19.1 Å². The van der Waals surface area contributed by atoms with Gasteiger partial charge in [0.2, 0.25) is 5.95 Å². The van der Waals surface area contributed by atoms with Gasteiger partial charge in [0, 0.05) is 31.5 Å². The average molecular weight is 365 g/mol. The Morgan fingerprint density at radius 2 is 2.19 bits per heavy atom. The third-order valence-corrected chi connectivity index (χ3v) is 4.40. The number of carbonyl (C=O) groups excluding carboxylic acids is 1. The number of rotatable bonds is 5. The molecule has 0 atom stereocenters. The van der Waals surface area contributed by atoms with Crippen molar-refractivity contribution in [2.75, 3.05) is 18.5 Å². The summed E-state index contributed by atoms with van der Waals surface area (Å²) in [5.41, 5.74) is 3.84. The topological polar surface area (TPSA) is 118 Å². The van der Waals surface area contributed by atoms with E-state index in [4.69, 9.17) is 5.11 Å². The van der Waals surface area contributed by atoms with Crippen molar-refractivity contribution in [3.8, 4) is 11.4 Å². The highest BCUT2D eigenvalue weighted by Gasteiger charge is 2.28. The summed E-state index contributed by atoms with van der Waals surface area (Å²) in [7, 11) is 1.80. The Bertz CT molecular complexity index is 985. The Morgan fingerprint density at radius 1 is 1.30 bits per heavy atom. The number of nitrogens with zero attached hydrogens (tertiary/aromatic N) is 5. The van der Waals surface area contributed by atoms with Crippen LogP contribution in [0.1, 0.15) is 21.6 Å². The maximum atomic E-state index is 12.4. The molecule has 1 aliphatic rings. The predicted octanol–water partition coefficient (Wildman–Crippen LogP) is 0.836. The number of carbonyl (C=O) groups is 1. The van der Waals surface area contributed by atoms with Crippen LogP contribution in [0.4, 0.5) is 11.8 Å². The number of aryl methyl sites for hydroxylation is 2. The van der Waals surface area contributed by atoms with Crippen molar-refractivity contribution in [2.24, 2.45) is 7.05 Å². The molecular formula is C18H19N7O2. The lowest BCUT2D eigenvalue weighted by Crippen LogP contribution is -2.28. The third-order valence-electron chi connectivity index (χ3n) is 4.40. The number of aromatic nitrogens is 5. The van der Waals surface area contributed by atoms with Gasteiger partial charge in [-0.25, -0.2) is 15.0 Å². The Morgan fingerprint density at radius 3 is 2.96 bits per heavy atom. The van der Waals surface area contributed by atoms with Crippen LogP contribution in [0.2, 0.25) is 0 Å². The molecule has 0 unspecified atom stereocenters. The first-order valence-electron chi connectivity index (χ1n) is 8.66. The van der Waals surface area contributed by atoms with Gasteiger partial charge in [-0.15, -0.1) is 0 Å². The molecule has 27 heavy (non-hydrogen) atoms. The van der Waals surface area contributed by atoms with Crippen LogP contribution in [0.5, 0.6) is 0 Å². The lowest BCUT2D eigenvalue weighted by molar-refractivity contribution is 0.0938. The first-order chi connectivity index (χ1) is 13.2. The zero-order valence-electron chi connectivity index (χ0n) is 14.8. The summed E-state index contributed by atoms with van der Waals surface area (Å²) in [6.45, 7) is 0.0838. The van der Waals surface area contributed by atoms with Crippen molar-refractivity contribution >= 4 is 17.7 Å². The van der Waals surface area contributed by atoms with E-state index in [0.29, 0.717) is 23.9 Å². The summed E-state index contributed by atoms with van der Waals surface area (Å²) >= 11 is 0. The van der Waals surface area contributed by atoms with Crippen molar-refractivity contribution in [3.63, 3.8) is 0 Å². The zero-order valence-corrected chi connectivity index (χ0v) is 14.8. The van der Waals surface area contributed by atoms with E-state index in [0.717, 1.165) is 28.9 Å². The van der Waals surface area contributed by atoms with Crippen LogP contribution in [-0.4, -0.2) is 48.9 Å². The summed E-state index contributed by atoms with van der Waals surface area (Å²) in [5.74, 6) is 0.806. The van der Waals surface area contributed by atoms with Crippen molar-refractivity contribution in [1.29, 1.82) is 0 Å². The molecule has 3 aromatic rings. The van der Waals surface area contributed by atoms with Gasteiger partial charge in [0.05, 0.1) is 18.0 Å². The molecule has 0 saturated heterocycles. The smallest absolute Gasteiger partial charge is 0.272 e. The van der Waals surface area contributed by atoms with E-state index >= 15 is 0 Å². The van der Waals surface area contributed by atoms with Crippen LogP contribution < -0.4 is 10.6 Å². The second kappa shape index (κ2) is 7.12. The van der Waals surface area contributed by atoms with Gasteiger partial charge in [0.25, 0.3) is 5.91 Å². The van der Waals surface area contributed by atoms with E-state index in [1.165, 1.54) is 0 Å². The number of nitrogens with one attached hydrogen (secondary N) is 2. The number of amides is 1. The minimum absolute atomic E-state index is 0.112. The van der Waals surface area contributed by atoms with Gasteiger partial charge < -0.3 is 15.7 Å². The molecule has 4 rings (SSSR count). The Hall–Kier alpha value is -3.33. The minimum Gasteiger partial charge on any atom is -0.395 e. The molecule has 9 nitrogen and oxygen atoms in total. The lowest BCUT2D eigenvalue weighted by Gasteiger charge is -2.17. The van der Waals surface area contributed by atoms with Gasteiger partial charge in [0.15, 0.2) is 5.69 Å². The number of anilines is 2. The number of hydrogen-bond donors (Lipinski definition) is 3. The molecule has 1 amide bonds. The first kappa shape index (κ1) is 17.1. The van der Waals surface area contributed by atoms with Crippen molar-refractivity contribution < 1.29 is 9.90 Å². The minimum atomic E-state index is -0.287. The van der Waals surface area contributed by atoms with Crippen LogP contribution in [0.25, 0.3) is 11.4 Å². The molecule has 3 N–H and O–H groups in total. The summed E-state index contributed by atoms with van der Waals surface area (Å²) in [6, 6.07) is 5.55. The van der Waals surface area contributed by atoms with Gasteiger partial charge in [-0.1, -0.05) is 6.07 Å². The highest BCUT2D eigenvalue weighted by atomic mass is 16.3. The standard InChI is InChI=1S/C18H19N7O2/c1-25-16-12(15(24-25)17(27)20-8-9-26)6-5-11-10-21-18(23-14(11)16)22-13-4-2-3-7-19-13/h2-4,7,10,26H,5-6,8-9H2,1H3,(H,20,27)(H,19,21,22,23). The third kappa shape index (κ3) is 3.24. The van der Waals surface area contributed by atoms with E-state index in [1.54, 1.807) is 24.1 Å². The van der Waals surface area contributed by atoms with Gasteiger partial charge in [0.1, 0.15) is 5.82 Å². The van der Waals surface area contributed by atoms with Crippen LogP contribution in [0, 0.1) is 0 Å². The van der Waals surface area contributed by atoms with Crippen LogP contribution in [-0.2, 0) is 19.9 Å². The fourth-order valence-corrected chi connectivity index (χ4v) is 3.20. The molecule has 0 aliphatic heterocycles. The quantitative estimate of drug-likeness (QED) is 0.613. The number of fused-ring (bicyclic) bond motifs is 3. The van der Waals surface area contributed by atoms with E-state index in [2.05, 4.69) is 30.7 Å². The predicted molar refractivity (Wildman–Crippen MR) is 98.6 cm³/mol. The van der Waals surface area contributed by atoms with E-state index < -0.39 is 0 Å². The summed E-state index contributed by atoms with van der Waals surface area (Å²) in [4.78, 5) is 25.6. The molecule has 0 aromatic carbocycles. The Labute approximate surface area is 155 Å². The molecule has 9 heteroatoms. The summed E-state index contributed by atoms with van der Waals surface area (Å²) in [6.07, 6.45) is 4.92. The average Bonchev–Trinajstić information content (AvgIpc) is 3.04. The van der Waals surface area contributed by atoms with Gasteiger partial charge in [-0.2, -0.15) is 5.10 Å². The van der Waals surface area contributed by atoms with Crippen LogP contribution >= 0.6 is 0 Å². The summed E-state index contributed by atoms with van der Waals surface area (Å²) < 4.78 is 1.68. The zero-order chi connectivity index (χ0) is 18.8. The van der Waals surface area contributed by atoms with Gasteiger partial charge >= 0.3 is 0 Å². The Kier molecular flexibility index (Phi) is 4.51. The van der Waals surface area contributed by atoms with E-state index in [9.17, 15) is 4.79 Å². The number of hydrogen-bond acceptors (Lipinski definition) is 7. The lowest BCUT2D eigenvalue weighted by atomic mass is 9.93.